The first-order valence-electron chi connectivity index (χ1n) is 9.14. The summed E-state index contributed by atoms with van der Waals surface area (Å²) in [6.07, 6.45) is 2.45. The third-order valence-corrected chi connectivity index (χ3v) is 5.28. The van der Waals surface area contributed by atoms with Crippen molar-refractivity contribution >= 4 is 34.5 Å². The summed E-state index contributed by atoms with van der Waals surface area (Å²) in [6.45, 7) is 3.78. The third kappa shape index (κ3) is 4.39. The van der Waals surface area contributed by atoms with Crippen molar-refractivity contribution in [2.45, 2.75) is 38.1 Å². The molecule has 0 unspecified atom stereocenters. The zero-order valence-electron chi connectivity index (χ0n) is 16.7. The van der Waals surface area contributed by atoms with E-state index in [1.807, 2.05) is 0 Å². The van der Waals surface area contributed by atoms with Crippen molar-refractivity contribution in [1.82, 2.24) is 24.3 Å². The Labute approximate surface area is 170 Å². The molecular weight excluding hydrogens is 396 g/mol. The van der Waals surface area contributed by atoms with Crippen LogP contribution in [0.15, 0.2) is 25.2 Å². The van der Waals surface area contributed by atoms with Gasteiger partial charge in [-0.3, -0.25) is 18.7 Å². The van der Waals surface area contributed by atoms with Gasteiger partial charge in [0.05, 0.1) is 5.75 Å². The van der Waals surface area contributed by atoms with Crippen LogP contribution in [0.25, 0.3) is 11.0 Å². The average Bonchev–Trinajstić information content (AvgIpc) is 3.11. The molecule has 0 radical (unpaired) electrons. The largest absolute Gasteiger partial charge is 0.360 e. The molecule has 0 spiro atoms. The van der Waals surface area contributed by atoms with E-state index in [9.17, 15) is 14.4 Å². The lowest BCUT2D eigenvalue weighted by atomic mass is 10.2. The molecule has 0 aliphatic heterocycles. The van der Waals surface area contributed by atoms with Crippen molar-refractivity contribution in [2.75, 3.05) is 11.1 Å². The second kappa shape index (κ2) is 8.60. The number of hydrogen-bond acceptors (Lipinski definition) is 8. The lowest BCUT2D eigenvalue weighted by Crippen LogP contribution is -2.38. The monoisotopic (exact) mass is 418 g/mol. The Bertz CT molecular complexity index is 1180. The van der Waals surface area contributed by atoms with Crippen LogP contribution in [-0.2, 0) is 25.3 Å². The van der Waals surface area contributed by atoms with Crippen LogP contribution in [0.4, 0.5) is 5.82 Å². The van der Waals surface area contributed by atoms with Gasteiger partial charge in [-0.15, -0.1) is 0 Å². The molecule has 154 valence electrons. The maximum Gasteiger partial charge on any atom is 0.332 e. The van der Waals surface area contributed by atoms with Crippen LogP contribution < -0.4 is 16.6 Å². The number of fused-ring (bicyclic) bond motifs is 1. The van der Waals surface area contributed by atoms with Crippen LogP contribution in [0.3, 0.4) is 0 Å². The van der Waals surface area contributed by atoms with Gasteiger partial charge < -0.3 is 9.84 Å². The molecule has 0 atom stereocenters. The molecule has 3 heterocycles. The summed E-state index contributed by atoms with van der Waals surface area (Å²) in [6, 6.07) is 1.61. The summed E-state index contributed by atoms with van der Waals surface area (Å²) in [5.74, 6) is 1.14. The third-order valence-electron chi connectivity index (χ3n) is 4.30. The number of aromatic nitrogens is 5. The Morgan fingerprint density at radius 2 is 2.00 bits per heavy atom. The molecule has 0 fully saturated rings. The van der Waals surface area contributed by atoms with Gasteiger partial charge in [0, 0.05) is 26.6 Å². The normalized spacial score (nSPS) is 11.2. The molecule has 3 rings (SSSR count). The lowest BCUT2D eigenvalue weighted by Gasteiger charge is -2.11. The summed E-state index contributed by atoms with van der Waals surface area (Å²) < 4.78 is 7.27. The Kier molecular flexibility index (Phi) is 6.16. The Morgan fingerprint density at radius 3 is 2.66 bits per heavy atom. The first kappa shape index (κ1) is 20.8. The number of carbonyl (C=O) groups is 1. The minimum Gasteiger partial charge on any atom is -0.360 e. The lowest BCUT2D eigenvalue weighted by molar-refractivity contribution is -0.113. The standard InChI is InChI=1S/C18H22N6O4S/c1-5-6-7-11-20-15-14(17(26)24(4)18(27)23(15)3)16(21-11)29-9-13(25)19-12-8-10(2)28-22-12/h8H,5-7,9H2,1-4H3,(H,19,22,25). The second-order valence-electron chi connectivity index (χ2n) is 6.61. The average molecular weight is 418 g/mol. The fourth-order valence-corrected chi connectivity index (χ4v) is 3.59. The first-order chi connectivity index (χ1) is 13.8. The van der Waals surface area contributed by atoms with E-state index in [1.54, 1.807) is 20.0 Å². The molecule has 0 aliphatic carbocycles. The van der Waals surface area contributed by atoms with Crippen molar-refractivity contribution < 1.29 is 9.32 Å². The molecule has 1 N–H and O–H groups in total. The number of rotatable bonds is 7. The highest BCUT2D eigenvalue weighted by atomic mass is 32.2. The second-order valence-corrected chi connectivity index (χ2v) is 7.58. The summed E-state index contributed by atoms with van der Waals surface area (Å²) in [5.41, 5.74) is -0.674. The van der Waals surface area contributed by atoms with E-state index >= 15 is 0 Å². The van der Waals surface area contributed by atoms with E-state index in [1.165, 1.54) is 11.6 Å². The van der Waals surface area contributed by atoms with Gasteiger partial charge in [-0.1, -0.05) is 30.3 Å². The van der Waals surface area contributed by atoms with E-state index in [0.29, 0.717) is 28.8 Å². The van der Waals surface area contributed by atoms with E-state index in [4.69, 9.17) is 4.52 Å². The topological polar surface area (TPSA) is 125 Å². The van der Waals surface area contributed by atoms with E-state index < -0.39 is 11.2 Å². The highest BCUT2D eigenvalue weighted by molar-refractivity contribution is 8.00. The fourth-order valence-electron chi connectivity index (χ4n) is 2.76. The van der Waals surface area contributed by atoms with Crippen LogP contribution in [0.1, 0.15) is 31.4 Å². The summed E-state index contributed by atoms with van der Waals surface area (Å²) in [5, 5.41) is 6.96. The predicted octanol–water partition coefficient (Wildman–Crippen LogP) is 1.40. The number of unbranched alkanes of at least 4 members (excludes halogenated alkanes) is 1. The van der Waals surface area contributed by atoms with Crippen LogP contribution >= 0.6 is 11.8 Å². The van der Waals surface area contributed by atoms with E-state index in [0.717, 1.165) is 29.2 Å². The molecular formula is C18H22N6O4S. The minimum atomic E-state index is -0.486. The fraction of sp³-hybridized carbons (Fsp3) is 0.444. The van der Waals surface area contributed by atoms with Crippen LogP contribution in [-0.4, -0.2) is 35.9 Å². The number of nitrogens with zero attached hydrogens (tertiary/aromatic N) is 5. The van der Waals surface area contributed by atoms with E-state index in [2.05, 4.69) is 27.4 Å². The number of nitrogens with one attached hydrogen (secondary N) is 1. The van der Waals surface area contributed by atoms with Gasteiger partial charge in [0.25, 0.3) is 5.56 Å². The Morgan fingerprint density at radius 1 is 1.24 bits per heavy atom. The quantitative estimate of drug-likeness (QED) is 0.451. The number of carbonyl (C=O) groups excluding carboxylic acids is 1. The van der Waals surface area contributed by atoms with Crippen LogP contribution in [0.5, 0.6) is 0 Å². The SMILES string of the molecule is CCCCc1nc(SCC(=O)Nc2cc(C)on2)c2c(=O)n(C)c(=O)n(C)c2n1. The molecule has 3 aromatic heterocycles. The van der Waals surface area contributed by atoms with Crippen molar-refractivity contribution in [3.05, 3.63) is 38.5 Å². The van der Waals surface area contributed by atoms with Gasteiger partial charge in [0.2, 0.25) is 5.91 Å². The molecule has 0 saturated heterocycles. The van der Waals surface area contributed by atoms with Crippen LogP contribution in [0.2, 0.25) is 0 Å². The van der Waals surface area contributed by atoms with Crippen molar-refractivity contribution in [2.24, 2.45) is 14.1 Å². The van der Waals surface area contributed by atoms with Gasteiger partial charge in [-0.2, -0.15) is 0 Å². The Hall–Kier alpha value is -2.95. The minimum absolute atomic E-state index is 0.0111. The smallest absolute Gasteiger partial charge is 0.332 e. The van der Waals surface area contributed by atoms with Gasteiger partial charge in [0.1, 0.15) is 22.0 Å². The zero-order valence-corrected chi connectivity index (χ0v) is 17.5. The van der Waals surface area contributed by atoms with Crippen molar-refractivity contribution in [3.63, 3.8) is 0 Å². The molecule has 0 saturated carbocycles. The summed E-state index contributed by atoms with van der Waals surface area (Å²) in [7, 11) is 2.97. The van der Waals surface area contributed by atoms with Crippen LogP contribution in [0, 0.1) is 6.92 Å². The van der Waals surface area contributed by atoms with Crippen molar-refractivity contribution in [1.29, 1.82) is 0 Å². The first-order valence-corrected chi connectivity index (χ1v) is 10.1. The highest BCUT2D eigenvalue weighted by Gasteiger charge is 2.18. The maximum atomic E-state index is 12.7. The van der Waals surface area contributed by atoms with Gasteiger partial charge in [-0.25, -0.2) is 14.8 Å². The number of aryl methyl sites for hydroxylation is 3. The number of hydrogen-bond donors (Lipinski definition) is 1. The molecule has 10 nitrogen and oxygen atoms in total. The number of thioether (sulfide) groups is 1. The highest BCUT2D eigenvalue weighted by Crippen LogP contribution is 2.23. The zero-order chi connectivity index (χ0) is 21.1. The van der Waals surface area contributed by atoms with Gasteiger partial charge in [-0.05, 0) is 13.3 Å². The maximum absolute atomic E-state index is 12.7. The summed E-state index contributed by atoms with van der Waals surface area (Å²) >= 11 is 1.12. The van der Waals surface area contributed by atoms with Gasteiger partial charge >= 0.3 is 5.69 Å². The molecule has 0 aromatic carbocycles. The molecule has 1 amide bonds. The summed E-state index contributed by atoms with van der Waals surface area (Å²) in [4.78, 5) is 46.2. The molecule has 29 heavy (non-hydrogen) atoms. The molecule has 3 aromatic rings. The number of amides is 1. The van der Waals surface area contributed by atoms with Crippen molar-refractivity contribution in [3.8, 4) is 0 Å². The molecule has 0 bridgehead atoms. The molecule has 0 aliphatic rings. The molecule has 11 heteroatoms. The van der Waals surface area contributed by atoms with E-state index in [-0.39, 0.29) is 22.7 Å². The number of anilines is 1. The Balaban J connectivity index is 1.97. The predicted molar refractivity (Wildman–Crippen MR) is 109 cm³/mol. The van der Waals surface area contributed by atoms with Gasteiger partial charge in [0.15, 0.2) is 11.5 Å².